The van der Waals surface area contributed by atoms with Crippen molar-refractivity contribution in [2.45, 2.75) is 0 Å². The van der Waals surface area contributed by atoms with Crippen LogP contribution < -0.4 is 4.52 Å². The second-order valence-electron chi connectivity index (χ2n) is 2.58. The quantitative estimate of drug-likeness (QED) is 0.303. The van der Waals surface area contributed by atoms with Crippen LogP contribution in [0.3, 0.4) is 0 Å². The molecule has 0 saturated carbocycles. The lowest BCUT2D eigenvalue weighted by atomic mass is 10.3. The first kappa shape index (κ1) is 14.1. The minimum absolute atomic E-state index is 0.0554. The van der Waals surface area contributed by atoms with Crippen molar-refractivity contribution in [2.24, 2.45) is 0 Å². The lowest BCUT2D eigenvalue weighted by Gasteiger charge is -2.10. The van der Waals surface area contributed by atoms with E-state index in [1.807, 2.05) is 0 Å². The van der Waals surface area contributed by atoms with Gasteiger partial charge in [-0.05, 0) is 45.2 Å². The van der Waals surface area contributed by atoms with Gasteiger partial charge in [-0.3, -0.25) is 19.9 Å². The van der Waals surface area contributed by atoms with E-state index < -0.39 is 12.7 Å². The van der Waals surface area contributed by atoms with Crippen LogP contribution in [0.1, 0.15) is 0 Å². The summed E-state index contributed by atoms with van der Waals surface area (Å²) < 4.78 is 15.6. The normalized spacial score (nSPS) is 11.2. The van der Waals surface area contributed by atoms with Crippen molar-refractivity contribution >= 4 is 58.7 Å². The summed E-state index contributed by atoms with van der Waals surface area (Å²) in [5.74, 6) is -0.0554. The Bertz CT molecular complexity index is 463. The highest BCUT2D eigenvalue weighted by Gasteiger charge is 2.22. The molecule has 1 aromatic carbocycles. The van der Waals surface area contributed by atoms with Gasteiger partial charge in [0.15, 0.2) is 5.75 Å². The monoisotopic (exact) mass is 471 g/mol. The van der Waals surface area contributed by atoms with Crippen LogP contribution in [0.25, 0.3) is 0 Å². The molecule has 1 rings (SSSR count). The molecule has 0 heterocycles. The molecule has 10 heteroatoms. The molecule has 2 N–H and O–H groups in total. The number of benzene rings is 1. The molecule has 0 aliphatic rings. The van der Waals surface area contributed by atoms with E-state index in [9.17, 15) is 14.7 Å². The van der Waals surface area contributed by atoms with E-state index in [0.717, 1.165) is 0 Å². The first-order valence-electron chi connectivity index (χ1n) is 3.59. The fourth-order valence-corrected chi connectivity index (χ4v) is 3.60. The van der Waals surface area contributed by atoms with E-state index in [1.54, 1.807) is 45.2 Å². The largest absolute Gasteiger partial charge is 0.524 e. The molecule has 0 fully saturated rings. The third-order valence-electron chi connectivity index (χ3n) is 1.40. The van der Waals surface area contributed by atoms with Gasteiger partial charge in [0.25, 0.3) is 5.69 Å². The minimum atomic E-state index is -4.66. The predicted molar refractivity (Wildman–Crippen MR) is 71.2 cm³/mol. The summed E-state index contributed by atoms with van der Waals surface area (Å²) in [7, 11) is -4.66. The van der Waals surface area contributed by atoms with Gasteiger partial charge in [0.1, 0.15) is 0 Å². The number of nitro benzene ring substituents is 1. The molecular formula is C6H4I2NO6P. The fourth-order valence-electron chi connectivity index (χ4n) is 0.858. The van der Waals surface area contributed by atoms with Crippen molar-refractivity contribution in [3.8, 4) is 5.75 Å². The summed E-state index contributed by atoms with van der Waals surface area (Å²) >= 11 is 3.41. The van der Waals surface area contributed by atoms with E-state index in [-0.39, 0.29) is 18.6 Å². The average Bonchev–Trinajstić information content (AvgIpc) is 2.09. The summed E-state index contributed by atoms with van der Waals surface area (Å²) in [6.45, 7) is 0. The van der Waals surface area contributed by atoms with Crippen LogP contribution in [0.2, 0.25) is 0 Å². The van der Waals surface area contributed by atoms with E-state index >= 15 is 0 Å². The number of halogens is 2. The first-order valence-corrected chi connectivity index (χ1v) is 7.28. The number of phosphoric ester groups is 1. The van der Waals surface area contributed by atoms with Crippen LogP contribution in [-0.2, 0) is 4.57 Å². The standard InChI is InChI=1S/C6H4I2NO6P/c7-4-1-3(9(10)11)2-5(8)6(4)15-16(12,13)14/h1-2H,(H2,12,13,14). The second kappa shape index (κ2) is 5.12. The molecule has 0 unspecified atom stereocenters. The van der Waals surface area contributed by atoms with Gasteiger partial charge in [-0.25, -0.2) is 4.57 Å². The van der Waals surface area contributed by atoms with Crippen molar-refractivity contribution in [3.05, 3.63) is 29.4 Å². The highest BCUT2D eigenvalue weighted by Crippen LogP contribution is 2.42. The predicted octanol–water partition coefficient (Wildman–Crippen LogP) is 2.28. The number of rotatable bonds is 3. The Kier molecular flexibility index (Phi) is 4.51. The molecule has 0 radical (unpaired) electrons. The van der Waals surface area contributed by atoms with E-state index in [0.29, 0.717) is 0 Å². The molecule has 7 nitrogen and oxygen atoms in total. The third kappa shape index (κ3) is 3.80. The van der Waals surface area contributed by atoms with Gasteiger partial charge in [0.05, 0.1) is 12.1 Å². The van der Waals surface area contributed by atoms with Gasteiger partial charge in [-0.2, -0.15) is 0 Å². The topological polar surface area (TPSA) is 110 Å². The van der Waals surface area contributed by atoms with Crippen LogP contribution >= 0.6 is 53.0 Å². The summed E-state index contributed by atoms with van der Waals surface area (Å²) in [5, 5.41) is 10.5. The van der Waals surface area contributed by atoms with Gasteiger partial charge in [0.2, 0.25) is 0 Å². The van der Waals surface area contributed by atoms with Gasteiger partial charge >= 0.3 is 7.82 Å². The highest BCUT2D eigenvalue weighted by atomic mass is 127. The van der Waals surface area contributed by atoms with E-state index in [1.165, 1.54) is 12.1 Å². The molecule has 16 heavy (non-hydrogen) atoms. The van der Waals surface area contributed by atoms with Gasteiger partial charge in [0, 0.05) is 12.1 Å². The lowest BCUT2D eigenvalue weighted by Crippen LogP contribution is -1.97. The molecule has 88 valence electrons. The second-order valence-corrected chi connectivity index (χ2v) is 6.07. The van der Waals surface area contributed by atoms with Crippen molar-refractivity contribution < 1.29 is 23.8 Å². The number of phosphoric acid groups is 1. The third-order valence-corrected chi connectivity index (χ3v) is 3.43. The summed E-state index contributed by atoms with van der Waals surface area (Å²) in [4.78, 5) is 27.2. The summed E-state index contributed by atoms with van der Waals surface area (Å²) in [6, 6.07) is 2.35. The van der Waals surface area contributed by atoms with Crippen LogP contribution in [-0.4, -0.2) is 14.7 Å². The molecule has 0 saturated heterocycles. The molecule has 0 atom stereocenters. The molecule has 0 amide bonds. The first-order chi connectivity index (χ1) is 7.20. The van der Waals surface area contributed by atoms with Gasteiger partial charge in [-0.15, -0.1) is 0 Å². The highest BCUT2D eigenvalue weighted by molar-refractivity contribution is 14.1. The molecular weight excluding hydrogens is 467 g/mol. The van der Waals surface area contributed by atoms with Gasteiger partial charge < -0.3 is 4.52 Å². The van der Waals surface area contributed by atoms with Crippen molar-refractivity contribution in [3.63, 3.8) is 0 Å². The molecule has 1 aromatic rings. The maximum Gasteiger partial charge on any atom is 0.524 e. The molecule has 0 bridgehead atoms. The van der Waals surface area contributed by atoms with E-state index in [2.05, 4.69) is 4.52 Å². The van der Waals surface area contributed by atoms with E-state index in [4.69, 9.17) is 9.79 Å². The van der Waals surface area contributed by atoms with Crippen LogP contribution in [0, 0.1) is 17.3 Å². The summed E-state index contributed by atoms with van der Waals surface area (Å²) in [5.41, 5.74) is -0.160. The molecule has 0 aliphatic carbocycles. The lowest BCUT2D eigenvalue weighted by molar-refractivity contribution is -0.385. The van der Waals surface area contributed by atoms with Crippen molar-refractivity contribution in [1.29, 1.82) is 0 Å². The number of nitrogens with zero attached hydrogens (tertiary/aromatic N) is 1. The van der Waals surface area contributed by atoms with Crippen LogP contribution in [0.15, 0.2) is 12.1 Å². The number of non-ortho nitro benzene ring substituents is 1. The number of hydrogen-bond donors (Lipinski definition) is 2. The molecule has 0 spiro atoms. The number of nitro groups is 1. The zero-order valence-electron chi connectivity index (χ0n) is 7.33. The average molecular weight is 471 g/mol. The zero-order chi connectivity index (χ0) is 12.5. The van der Waals surface area contributed by atoms with Gasteiger partial charge in [-0.1, -0.05) is 0 Å². The number of hydrogen-bond acceptors (Lipinski definition) is 4. The smallest absolute Gasteiger partial charge is 0.402 e. The van der Waals surface area contributed by atoms with Crippen molar-refractivity contribution in [2.75, 3.05) is 0 Å². The summed E-state index contributed by atoms with van der Waals surface area (Å²) in [6.07, 6.45) is 0. The Labute approximate surface area is 117 Å². The minimum Gasteiger partial charge on any atom is -0.402 e. The molecule has 0 aliphatic heterocycles. The maximum atomic E-state index is 10.7. The van der Waals surface area contributed by atoms with Crippen LogP contribution in [0.4, 0.5) is 5.69 Å². The zero-order valence-corrected chi connectivity index (χ0v) is 12.5. The SMILES string of the molecule is O=[N+]([O-])c1cc(I)c(OP(=O)(O)O)c(I)c1. The Morgan fingerprint density at radius 3 is 2.06 bits per heavy atom. The fraction of sp³-hybridized carbons (Fsp3) is 0. The maximum absolute atomic E-state index is 10.7. The Balaban J connectivity index is 3.23. The Hall–Kier alpha value is 0.0300. The van der Waals surface area contributed by atoms with Crippen LogP contribution in [0.5, 0.6) is 5.75 Å². The Morgan fingerprint density at radius 1 is 1.31 bits per heavy atom. The van der Waals surface area contributed by atoms with Crippen molar-refractivity contribution in [1.82, 2.24) is 0 Å². The Morgan fingerprint density at radius 2 is 1.75 bits per heavy atom. The molecule has 0 aromatic heterocycles.